The third-order valence-electron chi connectivity index (χ3n) is 5.20. The van der Waals surface area contributed by atoms with Crippen LogP contribution >= 0.6 is 11.6 Å². The van der Waals surface area contributed by atoms with Crippen molar-refractivity contribution in [3.8, 4) is 0 Å². The number of sulfonamides is 2. The third kappa shape index (κ3) is 3.72. The van der Waals surface area contributed by atoms with Gasteiger partial charge in [-0.3, -0.25) is 4.98 Å². The maximum Gasteiger partial charge on any atom is 0.243 e. The molecule has 0 spiro atoms. The van der Waals surface area contributed by atoms with Crippen LogP contribution in [-0.4, -0.2) is 56.6 Å². The molecule has 0 bridgehead atoms. The number of fused-ring (bicyclic) bond motifs is 1. The molecule has 0 saturated carbocycles. The highest BCUT2D eigenvalue weighted by molar-refractivity contribution is 7.89. The first-order chi connectivity index (χ1) is 14.2. The maximum atomic E-state index is 13.3. The number of rotatable bonds is 4. The molecule has 30 heavy (non-hydrogen) atoms. The Kier molecular flexibility index (Phi) is 5.58. The van der Waals surface area contributed by atoms with E-state index >= 15 is 0 Å². The fourth-order valence-corrected chi connectivity index (χ4v) is 6.71. The van der Waals surface area contributed by atoms with E-state index in [0.29, 0.717) is 15.9 Å². The highest BCUT2D eigenvalue weighted by atomic mass is 35.5. The van der Waals surface area contributed by atoms with Crippen molar-refractivity contribution in [2.24, 2.45) is 0 Å². The Morgan fingerprint density at radius 3 is 2.07 bits per heavy atom. The van der Waals surface area contributed by atoms with Crippen molar-refractivity contribution < 1.29 is 16.8 Å². The Hall–Kier alpha value is -2.04. The molecular formula is C20H20ClN3O4S2. The number of aryl methyl sites for hydroxylation is 1. The largest absolute Gasteiger partial charge is 0.256 e. The topological polar surface area (TPSA) is 87.7 Å². The van der Waals surface area contributed by atoms with Gasteiger partial charge < -0.3 is 0 Å². The second-order valence-corrected chi connectivity index (χ2v) is 11.3. The van der Waals surface area contributed by atoms with E-state index in [0.717, 1.165) is 5.56 Å². The number of pyridine rings is 1. The molecule has 1 aromatic heterocycles. The lowest BCUT2D eigenvalue weighted by Gasteiger charge is -2.33. The average molecular weight is 466 g/mol. The lowest BCUT2D eigenvalue weighted by Crippen LogP contribution is -2.50. The van der Waals surface area contributed by atoms with Crippen molar-refractivity contribution in [1.82, 2.24) is 13.6 Å². The lowest BCUT2D eigenvalue weighted by molar-refractivity contribution is 0.273. The number of hydrogen-bond acceptors (Lipinski definition) is 5. The number of benzene rings is 2. The van der Waals surface area contributed by atoms with Crippen LogP contribution in [0.5, 0.6) is 0 Å². The van der Waals surface area contributed by atoms with Gasteiger partial charge in [-0.1, -0.05) is 17.7 Å². The molecule has 7 nitrogen and oxygen atoms in total. The fraction of sp³-hybridized carbons (Fsp3) is 0.250. The van der Waals surface area contributed by atoms with Gasteiger partial charge in [0, 0.05) is 42.8 Å². The fourth-order valence-electron chi connectivity index (χ4n) is 3.56. The summed E-state index contributed by atoms with van der Waals surface area (Å²) in [5.41, 5.74) is 1.53. The van der Waals surface area contributed by atoms with Gasteiger partial charge in [-0.25, -0.2) is 16.8 Å². The van der Waals surface area contributed by atoms with E-state index in [1.807, 2.05) is 6.92 Å². The van der Waals surface area contributed by atoms with Gasteiger partial charge in [0.25, 0.3) is 0 Å². The molecule has 10 heteroatoms. The van der Waals surface area contributed by atoms with Gasteiger partial charge in [0.1, 0.15) is 0 Å². The zero-order chi connectivity index (χ0) is 21.5. The number of hydrogen-bond donors (Lipinski definition) is 0. The molecule has 1 aliphatic rings. The molecule has 0 unspecified atom stereocenters. The predicted octanol–water partition coefficient (Wildman–Crippen LogP) is 2.89. The van der Waals surface area contributed by atoms with Gasteiger partial charge in [0.2, 0.25) is 20.0 Å². The second kappa shape index (κ2) is 7.90. The van der Waals surface area contributed by atoms with Gasteiger partial charge in [-0.05, 0) is 55.0 Å². The molecule has 2 aromatic carbocycles. The SMILES string of the molecule is Cc1ccc(S(=O)(=O)N2CCN(S(=O)(=O)c3ccc(Cl)cc3)CC2)c2cccnc12. The number of halogens is 1. The highest BCUT2D eigenvalue weighted by Gasteiger charge is 2.34. The van der Waals surface area contributed by atoms with Crippen molar-refractivity contribution in [2.45, 2.75) is 16.7 Å². The molecule has 1 saturated heterocycles. The molecule has 3 aromatic rings. The minimum atomic E-state index is -3.79. The van der Waals surface area contributed by atoms with Crippen molar-refractivity contribution in [3.63, 3.8) is 0 Å². The summed E-state index contributed by atoms with van der Waals surface area (Å²) in [4.78, 5) is 4.63. The Morgan fingerprint density at radius 1 is 0.833 bits per heavy atom. The lowest BCUT2D eigenvalue weighted by atomic mass is 10.1. The highest BCUT2D eigenvalue weighted by Crippen LogP contribution is 2.28. The summed E-state index contributed by atoms with van der Waals surface area (Å²) in [7, 11) is -7.50. The smallest absolute Gasteiger partial charge is 0.243 e. The minimum absolute atomic E-state index is 0.0742. The summed E-state index contributed by atoms with van der Waals surface area (Å²) >= 11 is 5.84. The van der Waals surface area contributed by atoms with Gasteiger partial charge in [0.05, 0.1) is 15.3 Å². The molecule has 0 atom stereocenters. The normalized spacial score (nSPS) is 16.7. The number of nitrogens with zero attached hydrogens (tertiary/aromatic N) is 3. The van der Waals surface area contributed by atoms with Crippen LogP contribution in [-0.2, 0) is 20.0 Å². The monoisotopic (exact) mass is 465 g/mol. The Bertz CT molecular complexity index is 1300. The molecule has 0 N–H and O–H groups in total. The number of aromatic nitrogens is 1. The van der Waals surface area contributed by atoms with Gasteiger partial charge in [-0.15, -0.1) is 0 Å². The van der Waals surface area contributed by atoms with E-state index in [2.05, 4.69) is 4.98 Å². The molecule has 1 fully saturated rings. The predicted molar refractivity (Wildman–Crippen MR) is 115 cm³/mol. The van der Waals surface area contributed by atoms with Crippen LogP contribution in [0.3, 0.4) is 0 Å². The van der Waals surface area contributed by atoms with Crippen LogP contribution in [0.2, 0.25) is 5.02 Å². The Labute approximate surface area is 181 Å². The van der Waals surface area contributed by atoms with Crippen LogP contribution in [0.25, 0.3) is 10.9 Å². The van der Waals surface area contributed by atoms with Crippen molar-refractivity contribution in [1.29, 1.82) is 0 Å². The first kappa shape index (κ1) is 21.2. The van der Waals surface area contributed by atoms with E-state index in [-0.39, 0.29) is 36.0 Å². The maximum absolute atomic E-state index is 13.3. The first-order valence-corrected chi connectivity index (χ1v) is 12.6. The molecule has 1 aliphatic heterocycles. The Balaban J connectivity index is 1.58. The summed E-state index contributed by atoms with van der Waals surface area (Å²) in [6.07, 6.45) is 1.63. The molecule has 2 heterocycles. The minimum Gasteiger partial charge on any atom is -0.256 e. The average Bonchev–Trinajstić information content (AvgIpc) is 2.74. The standard InChI is InChI=1S/C20H20ClN3O4S2/c1-15-4-9-19(18-3-2-10-22-20(15)18)30(27,28)24-13-11-23(12-14-24)29(25,26)17-7-5-16(21)6-8-17/h2-10H,11-14H2,1H3. The number of piperazine rings is 1. The second-order valence-electron chi connectivity index (χ2n) is 7.04. The molecule has 0 radical (unpaired) electrons. The van der Waals surface area contributed by atoms with Gasteiger partial charge in [0.15, 0.2) is 0 Å². The van der Waals surface area contributed by atoms with E-state index < -0.39 is 20.0 Å². The van der Waals surface area contributed by atoms with Crippen LogP contribution < -0.4 is 0 Å². The van der Waals surface area contributed by atoms with E-state index in [1.165, 1.54) is 32.9 Å². The molecular weight excluding hydrogens is 446 g/mol. The van der Waals surface area contributed by atoms with Crippen LogP contribution in [0.4, 0.5) is 0 Å². The summed E-state index contributed by atoms with van der Waals surface area (Å²) < 4.78 is 54.9. The third-order valence-corrected chi connectivity index (χ3v) is 9.32. The van der Waals surface area contributed by atoms with Crippen LogP contribution in [0, 0.1) is 6.92 Å². The van der Waals surface area contributed by atoms with Crippen molar-refractivity contribution >= 4 is 42.6 Å². The summed E-state index contributed by atoms with van der Waals surface area (Å²) in [6, 6.07) is 12.7. The van der Waals surface area contributed by atoms with E-state index in [4.69, 9.17) is 11.6 Å². The van der Waals surface area contributed by atoms with E-state index in [9.17, 15) is 16.8 Å². The van der Waals surface area contributed by atoms with Crippen molar-refractivity contribution in [2.75, 3.05) is 26.2 Å². The summed E-state index contributed by atoms with van der Waals surface area (Å²) in [5, 5.41) is 1.01. The zero-order valence-electron chi connectivity index (χ0n) is 16.2. The van der Waals surface area contributed by atoms with Gasteiger partial charge in [-0.2, -0.15) is 8.61 Å². The quantitative estimate of drug-likeness (QED) is 0.591. The van der Waals surface area contributed by atoms with E-state index in [1.54, 1.807) is 30.5 Å². The van der Waals surface area contributed by atoms with Crippen LogP contribution in [0.1, 0.15) is 5.56 Å². The summed E-state index contributed by atoms with van der Waals surface area (Å²) in [5.74, 6) is 0. The summed E-state index contributed by atoms with van der Waals surface area (Å²) in [6.45, 7) is 2.18. The van der Waals surface area contributed by atoms with Crippen LogP contribution in [0.15, 0.2) is 64.5 Å². The van der Waals surface area contributed by atoms with Gasteiger partial charge >= 0.3 is 0 Å². The van der Waals surface area contributed by atoms with Crippen molar-refractivity contribution in [3.05, 3.63) is 65.3 Å². The molecule has 158 valence electrons. The first-order valence-electron chi connectivity index (χ1n) is 9.31. The zero-order valence-corrected chi connectivity index (χ0v) is 18.6. The Morgan fingerprint density at radius 2 is 1.43 bits per heavy atom. The molecule has 0 amide bonds. The molecule has 0 aliphatic carbocycles. The molecule has 4 rings (SSSR count).